The summed E-state index contributed by atoms with van der Waals surface area (Å²) < 4.78 is 7.08. The van der Waals surface area contributed by atoms with Gasteiger partial charge in [0.1, 0.15) is 24.4 Å². The van der Waals surface area contributed by atoms with Crippen LogP contribution in [0.4, 0.5) is 11.5 Å². The van der Waals surface area contributed by atoms with Crippen LogP contribution in [0.15, 0.2) is 57.2 Å². The fourth-order valence-electron chi connectivity index (χ4n) is 1.67. The highest BCUT2D eigenvalue weighted by Gasteiger charge is 2.08. The third-order valence-electron chi connectivity index (χ3n) is 2.72. The molecule has 0 aliphatic rings. The zero-order valence-electron chi connectivity index (χ0n) is 12.3. The van der Waals surface area contributed by atoms with Crippen LogP contribution >= 0.6 is 31.9 Å². The second-order valence-corrected chi connectivity index (χ2v) is 6.15. The molecular formula is C15H12Br2N4O3. The van der Waals surface area contributed by atoms with Crippen LogP contribution < -0.4 is 10.2 Å². The maximum Gasteiger partial charge on any atom is 0.287 e. The summed E-state index contributed by atoms with van der Waals surface area (Å²) in [4.78, 5) is 14.0. The molecule has 124 valence electrons. The van der Waals surface area contributed by atoms with E-state index in [0.29, 0.717) is 18.2 Å². The largest absolute Gasteiger partial charge is 0.487 e. The van der Waals surface area contributed by atoms with Gasteiger partial charge in [-0.05, 0) is 55.6 Å². The van der Waals surface area contributed by atoms with Crippen LogP contribution in [-0.2, 0) is 0 Å². The Labute approximate surface area is 154 Å². The van der Waals surface area contributed by atoms with Gasteiger partial charge in [-0.2, -0.15) is 5.10 Å². The summed E-state index contributed by atoms with van der Waals surface area (Å²) in [6.45, 7) is 4.01. The van der Waals surface area contributed by atoms with Crippen LogP contribution in [0.3, 0.4) is 0 Å². The van der Waals surface area contributed by atoms with Crippen molar-refractivity contribution in [2.75, 3.05) is 12.0 Å². The molecule has 24 heavy (non-hydrogen) atoms. The first-order valence-electron chi connectivity index (χ1n) is 6.63. The van der Waals surface area contributed by atoms with Crippen molar-refractivity contribution in [3.05, 3.63) is 67.7 Å². The fourth-order valence-corrected chi connectivity index (χ4v) is 3.12. The van der Waals surface area contributed by atoms with Gasteiger partial charge < -0.3 is 4.74 Å². The number of pyridine rings is 1. The minimum absolute atomic E-state index is 0.0764. The molecule has 0 fully saturated rings. The van der Waals surface area contributed by atoms with E-state index in [4.69, 9.17) is 4.74 Å². The summed E-state index contributed by atoms with van der Waals surface area (Å²) in [5.74, 6) is 1.08. The van der Waals surface area contributed by atoms with Crippen molar-refractivity contribution in [2.45, 2.75) is 0 Å². The summed E-state index contributed by atoms with van der Waals surface area (Å²) in [5.41, 5.74) is 3.45. The van der Waals surface area contributed by atoms with Gasteiger partial charge in [0.05, 0.1) is 20.1 Å². The predicted octanol–water partition coefficient (Wildman–Crippen LogP) is 4.53. The van der Waals surface area contributed by atoms with Gasteiger partial charge in [-0.15, -0.1) is 0 Å². The highest BCUT2D eigenvalue weighted by Crippen LogP contribution is 2.34. The first-order chi connectivity index (χ1) is 11.5. The Kier molecular flexibility index (Phi) is 6.44. The Balaban J connectivity index is 2.06. The Bertz CT molecular complexity index is 756. The summed E-state index contributed by atoms with van der Waals surface area (Å²) in [7, 11) is 0. The lowest BCUT2D eigenvalue weighted by Gasteiger charge is -2.09. The Morgan fingerprint density at radius 3 is 2.62 bits per heavy atom. The van der Waals surface area contributed by atoms with Crippen LogP contribution in [0, 0.1) is 10.1 Å². The SMILES string of the molecule is C=CCOc1c(Br)cc(/C=N/Nc2ccc([N+](=O)[O-])cn2)cc1Br. The number of rotatable bonds is 7. The molecule has 2 aromatic rings. The molecular weight excluding hydrogens is 444 g/mol. The molecule has 0 saturated carbocycles. The van der Waals surface area contributed by atoms with Crippen molar-refractivity contribution in [1.82, 2.24) is 4.98 Å². The molecule has 1 heterocycles. The smallest absolute Gasteiger partial charge is 0.287 e. The molecule has 7 nitrogen and oxygen atoms in total. The molecule has 9 heteroatoms. The number of nitrogens with one attached hydrogen (secondary N) is 1. The molecule has 0 unspecified atom stereocenters. The first-order valence-corrected chi connectivity index (χ1v) is 8.22. The molecule has 0 spiro atoms. The van der Waals surface area contributed by atoms with Crippen LogP contribution in [-0.4, -0.2) is 22.7 Å². The number of nitrogens with zero attached hydrogens (tertiary/aromatic N) is 3. The average Bonchev–Trinajstić information content (AvgIpc) is 2.54. The minimum atomic E-state index is -0.509. The quantitative estimate of drug-likeness (QED) is 0.287. The lowest BCUT2D eigenvalue weighted by molar-refractivity contribution is -0.385. The number of ether oxygens (including phenoxy) is 1. The highest BCUT2D eigenvalue weighted by molar-refractivity contribution is 9.11. The number of aromatic nitrogens is 1. The molecule has 1 aromatic carbocycles. The first kappa shape index (κ1) is 18.1. The summed E-state index contributed by atoms with van der Waals surface area (Å²) in [6.07, 6.45) is 4.42. The molecule has 1 N–H and O–H groups in total. The summed E-state index contributed by atoms with van der Waals surface area (Å²) in [5, 5.41) is 14.6. The third-order valence-corrected chi connectivity index (χ3v) is 3.90. The molecule has 1 aromatic heterocycles. The van der Waals surface area contributed by atoms with Crippen molar-refractivity contribution in [3.63, 3.8) is 0 Å². The van der Waals surface area contributed by atoms with Gasteiger partial charge >= 0.3 is 0 Å². The van der Waals surface area contributed by atoms with Crippen molar-refractivity contribution in [1.29, 1.82) is 0 Å². The molecule has 0 bridgehead atoms. The molecule has 0 saturated heterocycles. The van der Waals surface area contributed by atoms with E-state index in [9.17, 15) is 10.1 Å². The van der Waals surface area contributed by atoms with Crippen molar-refractivity contribution < 1.29 is 9.66 Å². The second-order valence-electron chi connectivity index (χ2n) is 4.44. The fraction of sp³-hybridized carbons (Fsp3) is 0.0667. The molecule has 0 atom stereocenters. The molecule has 0 aliphatic heterocycles. The number of halogens is 2. The van der Waals surface area contributed by atoms with Gasteiger partial charge in [0.15, 0.2) is 0 Å². The Morgan fingerprint density at radius 1 is 1.38 bits per heavy atom. The monoisotopic (exact) mass is 454 g/mol. The van der Waals surface area contributed by atoms with Gasteiger partial charge in [-0.3, -0.25) is 15.5 Å². The van der Waals surface area contributed by atoms with E-state index in [0.717, 1.165) is 20.7 Å². The maximum absolute atomic E-state index is 10.6. The van der Waals surface area contributed by atoms with Gasteiger partial charge in [-0.1, -0.05) is 12.7 Å². The van der Waals surface area contributed by atoms with Crippen molar-refractivity contribution in [2.24, 2.45) is 5.10 Å². The molecule has 0 amide bonds. The van der Waals surface area contributed by atoms with Gasteiger partial charge in [0, 0.05) is 6.07 Å². The predicted molar refractivity (Wildman–Crippen MR) is 99.6 cm³/mol. The van der Waals surface area contributed by atoms with Gasteiger partial charge in [-0.25, -0.2) is 4.98 Å². The van der Waals surface area contributed by atoms with E-state index < -0.39 is 4.92 Å². The van der Waals surface area contributed by atoms with Crippen LogP contribution in [0.25, 0.3) is 0 Å². The third kappa shape index (κ3) is 4.87. The number of anilines is 1. The zero-order chi connectivity index (χ0) is 17.5. The Morgan fingerprint density at radius 2 is 2.08 bits per heavy atom. The lowest BCUT2D eigenvalue weighted by Crippen LogP contribution is -1.97. The molecule has 0 radical (unpaired) electrons. The van der Waals surface area contributed by atoms with E-state index in [-0.39, 0.29) is 5.69 Å². The van der Waals surface area contributed by atoms with Crippen molar-refractivity contribution >= 4 is 49.6 Å². The van der Waals surface area contributed by atoms with E-state index in [1.807, 2.05) is 12.1 Å². The van der Waals surface area contributed by atoms with E-state index in [2.05, 4.69) is 54.0 Å². The standard InChI is InChI=1S/C15H12Br2N4O3/c1-2-5-24-15-12(16)6-10(7-13(15)17)8-19-20-14-4-3-11(9-18-14)21(22)23/h2-4,6-9H,1,5H2,(H,18,20)/b19-8+. The average molecular weight is 456 g/mol. The van der Waals surface area contributed by atoms with Gasteiger partial charge in [0.25, 0.3) is 5.69 Å². The maximum atomic E-state index is 10.6. The highest BCUT2D eigenvalue weighted by atomic mass is 79.9. The van der Waals surface area contributed by atoms with E-state index >= 15 is 0 Å². The number of hydrogen-bond acceptors (Lipinski definition) is 6. The second kappa shape index (κ2) is 8.55. The summed E-state index contributed by atoms with van der Waals surface area (Å²) in [6, 6.07) is 6.52. The topological polar surface area (TPSA) is 89.6 Å². The van der Waals surface area contributed by atoms with Crippen LogP contribution in [0.1, 0.15) is 5.56 Å². The van der Waals surface area contributed by atoms with E-state index in [1.54, 1.807) is 12.3 Å². The summed E-state index contributed by atoms with van der Waals surface area (Å²) >= 11 is 6.88. The van der Waals surface area contributed by atoms with Crippen LogP contribution in [0.2, 0.25) is 0 Å². The van der Waals surface area contributed by atoms with Crippen LogP contribution in [0.5, 0.6) is 5.75 Å². The van der Waals surface area contributed by atoms with E-state index in [1.165, 1.54) is 12.1 Å². The zero-order valence-corrected chi connectivity index (χ0v) is 15.4. The minimum Gasteiger partial charge on any atom is -0.487 e. The Hall–Kier alpha value is -2.26. The normalized spacial score (nSPS) is 10.6. The molecule has 2 rings (SSSR count). The van der Waals surface area contributed by atoms with Crippen molar-refractivity contribution in [3.8, 4) is 5.75 Å². The number of benzene rings is 1. The lowest BCUT2D eigenvalue weighted by atomic mass is 10.2. The number of hydrazone groups is 1. The number of hydrogen-bond donors (Lipinski definition) is 1. The van der Waals surface area contributed by atoms with Gasteiger partial charge in [0.2, 0.25) is 0 Å². The molecule has 0 aliphatic carbocycles. The number of nitro groups is 1.